The van der Waals surface area contributed by atoms with Crippen LogP contribution in [-0.4, -0.2) is 33.5 Å². The summed E-state index contributed by atoms with van der Waals surface area (Å²) in [4.78, 5) is 23.1. The van der Waals surface area contributed by atoms with Gasteiger partial charge in [-0.05, 0) is 41.6 Å². The first-order valence-electron chi connectivity index (χ1n) is 5.78. The Bertz CT molecular complexity index is 623. The molecule has 8 nitrogen and oxygen atoms in total. The van der Waals surface area contributed by atoms with Gasteiger partial charge in [0.2, 0.25) is 0 Å². The highest BCUT2D eigenvalue weighted by Crippen LogP contribution is 2.31. The summed E-state index contributed by atoms with van der Waals surface area (Å²) in [5, 5.41) is 10.8. The standard InChI is InChI=1S/C12H13N3O5S2/c1-3-6-22(19)8-4-5-9(10(7-8)15(17)18)14(11(13)21)12(16)20-2/h3-5,7H,1,6H2,2H3,(H2,13,21). The van der Waals surface area contributed by atoms with E-state index in [4.69, 9.17) is 18.0 Å². The lowest BCUT2D eigenvalue weighted by molar-refractivity contribution is -0.384. The van der Waals surface area contributed by atoms with Crippen LogP contribution in [0.2, 0.25) is 0 Å². The normalized spacial score (nSPS) is 11.4. The largest absolute Gasteiger partial charge is 0.611 e. The van der Waals surface area contributed by atoms with E-state index in [1.165, 1.54) is 18.2 Å². The first kappa shape index (κ1) is 17.9. The Kier molecular flexibility index (Phi) is 6.28. The minimum Gasteiger partial charge on any atom is -0.611 e. The molecule has 2 N–H and O–H groups in total. The smallest absolute Gasteiger partial charge is 0.420 e. The molecule has 0 bridgehead atoms. The van der Waals surface area contributed by atoms with Crippen molar-refractivity contribution in [1.82, 2.24) is 0 Å². The number of ether oxygens (including phenoxy) is 1. The van der Waals surface area contributed by atoms with Gasteiger partial charge in [0.15, 0.2) is 10.0 Å². The molecule has 10 heteroatoms. The fourth-order valence-corrected chi connectivity index (χ4v) is 2.62. The highest BCUT2D eigenvalue weighted by molar-refractivity contribution is 7.91. The summed E-state index contributed by atoms with van der Waals surface area (Å²) in [5.41, 5.74) is 4.79. The summed E-state index contributed by atoms with van der Waals surface area (Å²) in [6, 6.07) is 3.73. The number of methoxy groups -OCH3 is 1. The Morgan fingerprint density at radius 2 is 2.27 bits per heavy atom. The number of nitrogens with zero attached hydrogens (tertiary/aromatic N) is 2. The highest BCUT2D eigenvalue weighted by Gasteiger charge is 2.29. The Morgan fingerprint density at radius 1 is 1.64 bits per heavy atom. The van der Waals surface area contributed by atoms with Gasteiger partial charge in [0.05, 0.1) is 18.1 Å². The number of amides is 1. The zero-order valence-electron chi connectivity index (χ0n) is 11.6. The monoisotopic (exact) mass is 343 g/mol. The van der Waals surface area contributed by atoms with Gasteiger partial charge < -0.3 is 15.0 Å². The average molecular weight is 343 g/mol. The summed E-state index contributed by atoms with van der Waals surface area (Å²) in [6.45, 7) is 3.46. The lowest BCUT2D eigenvalue weighted by atomic mass is 10.2. The van der Waals surface area contributed by atoms with Gasteiger partial charge in [-0.25, -0.2) is 9.69 Å². The van der Waals surface area contributed by atoms with Crippen LogP contribution in [0.3, 0.4) is 0 Å². The fraction of sp³-hybridized carbons (Fsp3) is 0.167. The topological polar surface area (TPSA) is 122 Å². The fourth-order valence-electron chi connectivity index (χ4n) is 1.58. The molecule has 1 rings (SSSR count). The molecule has 0 heterocycles. The number of nitro benzene ring substituents is 1. The van der Waals surface area contributed by atoms with Crippen molar-refractivity contribution in [2.45, 2.75) is 4.90 Å². The van der Waals surface area contributed by atoms with Crippen molar-refractivity contribution in [2.75, 3.05) is 17.8 Å². The SMILES string of the molecule is C=CC[S+]([O-])c1ccc(N(C(=O)OC)C(N)=S)c([N+](=O)[O-])c1. The number of hydrogen-bond donors (Lipinski definition) is 1. The van der Waals surface area contributed by atoms with Crippen molar-refractivity contribution in [3.8, 4) is 0 Å². The van der Waals surface area contributed by atoms with Crippen LogP contribution in [0.5, 0.6) is 0 Å². The molecular formula is C12H13N3O5S2. The molecule has 0 fully saturated rings. The van der Waals surface area contributed by atoms with E-state index in [0.717, 1.165) is 13.2 Å². The third-order valence-electron chi connectivity index (χ3n) is 2.49. The third-order valence-corrected chi connectivity index (χ3v) is 3.99. The van der Waals surface area contributed by atoms with E-state index < -0.39 is 33.0 Å². The maximum Gasteiger partial charge on any atom is 0.420 e. The maximum absolute atomic E-state index is 11.9. The predicted octanol–water partition coefficient (Wildman–Crippen LogP) is 1.70. The van der Waals surface area contributed by atoms with Gasteiger partial charge >= 0.3 is 6.09 Å². The molecule has 0 saturated carbocycles. The Hall–Kier alpha value is -2.17. The van der Waals surface area contributed by atoms with Crippen molar-refractivity contribution < 1.29 is 19.0 Å². The molecule has 118 valence electrons. The number of nitro groups is 1. The molecule has 0 aliphatic carbocycles. The lowest BCUT2D eigenvalue weighted by Crippen LogP contribution is -2.41. The molecule has 0 aliphatic heterocycles. The molecule has 1 aromatic carbocycles. The van der Waals surface area contributed by atoms with Gasteiger partial charge in [-0.3, -0.25) is 10.1 Å². The number of thiocarbonyl (C=S) groups is 1. The van der Waals surface area contributed by atoms with Crippen molar-refractivity contribution in [2.24, 2.45) is 5.73 Å². The maximum atomic E-state index is 11.9. The molecule has 22 heavy (non-hydrogen) atoms. The van der Waals surface area contributed by atoms with Crippen LogP contribution < -0.4 is 10.6 Å². The Morgan fingerprint density at radius 3 is 2.73 bits per heavy atom. The number of anilines is 1. The molecule has 1 amide bonds. The van der Waals surface area contributed by atoms with Crippen LogP contribution in [0.15, 0.2) is 35.7 Å². The second kappa shape index (κ2) is 7.73. The third kappa shape index (κ3) is 3.93. The van der Waals surface area contributed by atoms with Gasteiger partial charge in [-0.1, -0.05) is 6.58 Å². The van der Waals surface area contributed by atoms with Crippen LogP contribution in [0.4, 0.5) is 16.2 Å². The first-order chi connectivity index (χ1) is 10.3. The van der Waals surface area contributed by atoms with E-state index in [2.05, 4.69) is 11.3 Å². The molecule has 1 aromatic rings. The van der Waals surface area contributed by atoms with Crippen molar-refractivity contribution >= 4 is 46.0 Å². The van der Waals surface area contributed by atoms with Gasteiger partial charge in [0.25, 0.3) is 5.69 Å². The molecule has 0 spiro atoms. The minimum absolute atomic E-state index is 0.145. The van der Waals surface area contributed by atoms with E-state index in [-0.39, 0.29) is 16.3 Å². The number of benzene rings is 1. The van der Waals surface area contributed by atoms with E-state index >= 15 is 0 Å². The van der Waals surface area contributed by atoms with Gasteiger partial charge in [0, 0.05) is 0 Å². The second-order valence-electron chi connectivity index (χ2n) is 3.85. The molecule has 1 unspecified atom stereocenters. The Balaban J connectivity index is 3.41. The van der Waals surface area contributed by atoms with Gasteiger partial charge in [-0.15, -0.1) is 0 Å². The van der Waals surface area contributed by atoms with E-state index in [0.29, 0.717) is 4.90 Å². The summed E-state index contributed by atoms with van der Waals surface area (Å²) in [5.74, 6) is 0.145. The molecule has 0 aromatic heterocycles. The number of nitrogens with two attached hydrogens (primary N) is 1. The Labute approximate surface area is 134 Å². The molecule has 0 saturated heterocycles. The molecule has 0 radical (unpaired) electrons. The van der Waals surface area contributed by atoms with E-state index in [1.807, 2.05) is 0 Å². The zero-order chi connectivity index (χ0) is 16.9. The van der Waals surface area contributed by atoms with Crippen LogP contribution in [-0.2, 0) is 15.9 Å². The first-order valence-corrected chi connectivity index (χ1v) is 7.51. The summed E-state index contributed by atoms with van der Waals surface area (Å²) in [7, 11) is 1.09. The average Bonchev–Trinajstić information content (AvgIpc) is 2.47. The van der Waals surface area contributed by atoms with Crippen LogP contribution >= 0.6 is 12.2 Å². The van der Waals surface area contributed by atoms with Crippen LogP contribution in [0, 0.1) is 10.1 Å². The van der Waals surface area contributed by atoms with Crippen molar-refractivity contribution in [1.29, 1.82) is 0 Å². The van der Waals surface area contributed by atoms with Crippen molar-refractivity contribution in [3.63, 3.8) is 0 Å². The molecular weight excluding hydrogens is 330 g/mol. The summed E-state index contributed by atoms with van der Waals surface area (Å²) in [6.07, 6.45) is 0.474. The van der Waals surface area contributed by atoms with Crippen LogP contribution in [0.25, 0.3) is 0 Å². The lowest BCUT2D eigenvalue weighted by Gasteiger charge is -2.19. The van der Waals surface area contributed by atoms with Crippen LogP contribution in [0.1, 0.15) is 0 Å². The number of carbonyl (C=O) groups is 1. The molecule has 0 aliphatic rings. The molecule has 1 atom stereocenters. The highest BCUT2D eigenvalue weighted by atomic mass is 32.2. The predicted molar refractivity (Wildman–Crippen MR) is 86.2 cm³/mol. The number of hydrogen-bond acceptors (Lipinski definition) is 6. The van der Waals surface area contributed by atoms with Gasteiger partial charge in [-0.2, -0.15) is 0 Å². The quantitative estimate of drug-likeness (QED) is 0.284. The van der Waals surface area contributed by atoms with E-state index in [9.17, 15) is 19.5 Å². The summed E-state index contributed by atoms with van der Waals surface area (Å²) < 4.78 is 16.4. The zero-order valence-corrected chi connectivity index (χ0v) is 13.2. The summed E-state index contributed by atoms with van der Waals surface area (Å²) >= 11 is 3.24. The van der Waals surface area contributed by atoms with Crippen molar-refractivity contribution in [3.05, 3.63) is 41.0 Å². The minimum atomic E-state index is -1.48. The van der Waals surface area contributed by atoms with Gasteiger partial charge in [0.1, 0.15) is 11.4 Å². The number of carbonyl (C=O) groups excluding carboxylic acids is 1. The van der Waals surface area contributed by atoms with E-state index in [1.54, 1.807) is 0 Å². The second-order valence-corrected chi connectivity index (χ2v) is 5.77. The number of rotatable bonds is 5.